The lowest BCUT2D eigenvalue weighted by Crippen LogP contribution is -2.49. The number of carbonyl (C=O) groups is 2. The quantitative estimate of drug-likeness (QED) is 0.844. The zero-order chi connectivity index (χ0) is 20.0. The van der Waals surface area contributed by atoms with E-state index < -0.39 is 11.1 Å². The van der Waals surface area contributed by atoms with Crippen LogP contribution in [0.3, 0.4) is 0 Å². The fourth-order valence-electron chi connectivity index (χ4n) is 3.60. The van der Waals surface area contributed by atoms with Gasteiger partial charge in [-0.25, -0.2) is 9.48 Å². The smallest absolute Gasteiger partial charge is 0.410 e. The molecule has 150 valence electrons. The third-order valence-corrected chi connectivity index (χ3v) is 4.97. The highest BCUT2D eigenvalue weighted by atomic mass is 16.6. The van der Waals surface area contributed by atoms with Gasteiger partial charge in [-0.1, -0.05) is 0 Å². The molecule has 1 aliphatic carbocycles. The molecule has 1 saturated heterocycles. The van der Waals surface area contributed by atoms with Crippen LogP contribution in [0.2, 0.25) is 0 Å². The Kier molecular flexibility index (Phi) is 4.86. The van der Waals surface area contributed by atoms with Crippen molar-refractivity contribution in [2.45, 2.75) is 45.8 Å². The normalized spacial score (nSPS) is 24.4. The highest BCUT2D eigenvalue weighted by Gasteiger charge is 2.61. The summed E-state index contributed by atoms with van der Waals surface area (Å²) in [7, 11) is 1.81. The number of amides is 2. The maximum Gasteiger partial charge on any atom is 0.410 e. The molecule has 3 atom stereocenters. The second-order valence-electron chi connectivity index (χ2n) is 9.19. The predicted molar refractivity (Wildman–Crippen MR) is 99.2 cm³/mol. The first kappa shape index (κ1) is 19.5. The van der Waals surface area contributed by atoms with Gasteiger partial charge in [0, 0.05) is 32.1 Å². The van der Waals surface area contributed by atoms with Crippen molar-refractivity contribution in [3.8, 4) is 5.88 Å². The summed E-state index contributed by atoms with van der Waals surface area (Å²) in [4.78, 5) is 26.5. The average Bonchev–Trinajstić information content (AvgIpc) is 2.86. The van der Waals surface area contributed by atoms with Crippen LogP contribution >= 0.6 is 0 Å². The number of nitrogens with zero attached hydrogens (tertiary/aromatic N) is 3. The van der Waals surface area contributed by atoms with Crippen molar-refractivity contribution in [3.05, 3.63) is 12.3 Å². The van der Waals surface area contributed by atoms with Crippen molar-refractivity contribution in [2.75, 3.05) is 19.7 Å². The van der Waals surface area contributed by atoms with Gasteiger partial charge in [0.2, 0.25) is 11.8 Å². The standard InChI is InChI=1S/C19H30N4O4/c1-18(2,3)27-17(25)23-9-12-13(10-23)15(12)16(24)21-19(4,5)11-26-14-7-8-20-22(14)6/h7-8,12-13,15H,9-11H2,1-6H3,(H,21,24)/t12-,13+,15?. The van der Waals surface area contributed by atoms with Gasteiger partial charge in [-0.3, -0.25) is 4.79 Å². The first-order valence-electron chi connectivity index (χ1n) is 9.38. The van der Waals surface area contributed by atoms with Gasteiger partial charge in [0.1, 0.15) is 12.2 Å². The zero-order valence-corrected chi connectivity index (χ0v) is 17.0. The fraction of sp³-hybridized carbons (Fsp3) is 0.737. The Hall–Kier alpha value is -2.25. The van der Waals surface area contributed by atoms with Crippen LogP contribution in [-0.4, -0.2) is 57.5 Å². The number of aromatic nitrogens is 2. The predicted octanol–water partition coefficient (Wildman–Crippen LogP) is 1.81. The van der Waals surface area contributed by atoms with Crippen LogP contribution in [0.4, 0.5) is 4.79 Å². The summed E-state index contributed by atoms with van der Waals surface area (Å²) in [6.07, 6.45) is 1.38. The minimum absolute atomic E-state index is 0.0281. The SMILES string of the molecule is Cn1nccc1OCC(C)(C)NC(=O)C1[C@H]2CN(C(=O)OC(C)(C)C)C[C@@H]12. The molecule has 1 unspecified atom stereocenters. The zero-order valence-electron chi connectivity index (χ0n) is 17.0. The highest BCUT2D eigenvalue weighted by Crippen LogP contribution is 2.52. The fourth-order valence-corrected chi connectivity index (χ4v) is 3.60. The Morgan fingerprint density at radius 1 is 1.22 bits per heavy atom. The van der Waals surface area contributed by atoms with E-state index in [1.165, 1.54) is 0 Å². The van der Waals surface area contributed by atoms with E-state index in [2.05, 4.69) is 10.4 Å². The summed E-state index contributed by atoms with van der Waals surface area (Å²) in [6, 6.07) is 1.79. The van der Waals surface area contributed by atoms with Crippen LogP contribution in [0.5, 0.6) is 5.88 Å². The molecule has 8 heteroatoms. The van der Waals surface area contributed by atoms with Gasteiger partial charge in [0.25, 0.3) is 0 Å². The number of ether oxygens (including phenoxy) is 2. The molecule has 1 aromatic heterocycles. The van der Waals surface area contributed by atoms with E-state index in [9.17, 15) is 9.59 Å². The number of hydrogen-bond acceptors (Lipinski definition) is 5. The Balaban J connectivity index is 1.45. The number of likely N-dealkylation sites (tertiary alicyclic amines) is 1. The lowest BCUT2D eigenvalue weighted by atomic mass is 10.1. The van der Waals surface area contributed by atoms with Crippen LogP contribution in [0.1, 0.15) is 34.6 Å². The van der Waals surface area contributed by atoms with Gasteiger partial charge in [-0.2, -0.15) is 5.10 Å². The minimum Gasteiger partial charge on any atom is -0.475 e. The van der Waals surface area contributed by atoms with Crippen molar-refractivity contribution < 1.29 is 19.1 Å². The van der Waals surface area contributed by atoms with E-state index in [0.717, 1.165) is 0 Å². The largest absolute Gasteiger partial charge is 0.475 e. The van der Waals surface area contributed by atoms with Crippen LogP contribution in [0, 0.1) is 17.8 Å². The Morgan fingerprint density at radius 3 is 2.37 bits per heavy atom. The van der Waals surface area contributed by atoms with Gasteiger partial charge >= 0.3 is 6.09 Å². The number of rotatable bonds is 5. The molecule has 2 fully saturated rings. The lowest BCUT2D eigenvalue weighted by Gasteiger charge is -2.28. The van der Waals surface area contributed by atoms with Crippen LogP contribution < -0.4 is 10.1 Å². The second-order valence-corrected chi connectivity index (χ2v) is 9.19. The number of nitrogens with one attached hydrogen (secondary N) is 1. The van der Waals surface area contributed by atoms with Crippen molar-refractivity contribution in [1.82, 2.24) is 20.0 Å². The van der Waals surface area contributed by atoms with Gasteiger partial charge in [0.05, 0.1) is 11.7 Å². The molecule has 27 heavy (non-hydrogen) atoms. The Bertz CT molecular complexity index is 710. The van der Waals surface area contributed by atoms with E-state index in [1.54, 1.807) is 21.8 Å². The summed E-state index contributed by atoms with van der Waals surface area (Å²) in [5.41, 5.74) is -0.998. The minimum atomic E-state index is -0.501. The van der Waals surface area contributed by atoms with Gasteiger partial charge < -0.3 is 19.7 Å². The number of carbonyl (C=O) groups excluding carboxylic acids is 2. The van der Waals surface area contributed by atoms with E-state index in [0.29, 0.717) is 25.6 Å². The molecule has 2 aliphatic rings. The Labute approximate surface area is 160 Å². The molecule has 1 saturated carbocycles. The third kappa shape index (κ3) is 4.54. The van der Waals surface area contributed by atoms with Gasteiger partial charge in [-0.15, -0.1) is 0 Å². The summed E-state index contributed by atoms with van der Waals surface area (Å²) >= 11 is 0. The van der Waals surface area contributed by atoms with Crippen LogP contribution in [0.15, 0.2) is 12.3 Å². The molecule has 1 aliphatic heterocycles. The summed E-state index contributed by atoms with van der Waals surface area (Å²) < 4.78 is 12.8. The molecule has 3 rings (SSSR count). The third-order valence-electron chi connectivity index (χ3n) is 4.97. The van der Waals surface area contributed by atoms with Crippen molar-refractivity contribution >= 4 is 12.0 Å². The first-order valence-corrected chi connectivity index (χ1v) is 9.38. The second kappa shape index (κ2) is 6.73. The molecule has 8 nitrogen and oxygen atoms in total. The van der Waals surface area contributed by atoms with Crippen molar-refractivity contribution in [1.29, 1.82) is 0 Å². The molecule has 1 N–H and O–H groups in total. The van der Waals surface area contributed by atoms with Crippen LogP contribution in [-0.2, 0) is 16.6 Å². The first-order chi connectivity index (χ1) is 12.5. The van der Waals surface area contributed by atoms with Crippen molar-refractivity contribution in [2.24, 2.45) is 24.8 Å². The van der Waals surface area contributed by atoms with Gasteiger partial charge in [-0.05, 0) is 46.5 Å². The Morgan fingerprint density at radius 2 is 1.85 bits per heavy atom. The molecule has 0 spiro atoms. The summed E-state index contributed by atoms with van der Waals surface area (Å²) in [5.74, 6) is 1.12. The monoisotopic (exact) mass is 378 g/mol. The van der Waals surface area contributed by atoms with E-state index in [4.69, 9.17) is 9.47 Å². The highest BCUT2D eigenvalue weighted by molar-refractivity contribution is 5.84. The number of aryl methyl sites for hydroxylation is 1. The topological polar surface area (TPSA) is 85.7 Å². The molecule has 0 aromatic carbocycles. The molecule has 1 aromatic rings. The van der Waals surface area contributed by atoms with Crippen LogP contribution in [0.25, 0.3) is 0 Å². The van der Waals surface area contributed by atoms with E-state index in [1.807, 2.05) is 41.7 Å². The molecule has 2 amide bonds. The number of fused-ring (bicyclic) bond motifs is 1. The average molecular weight is 378 g/mol. The molecule has 0 radical (unpaired) electrons. The molecule has 2 heterocycles. The van der Waals surface area contributed by atoms with E-state index in [-0.39, 0.29) is 29.8 Å². The van der Waals surface area contributed by atoms with E-state index >= 15 is 0 Å². The molecule has 0 bridgehead atoms. The van der Waals surface area contributed by atoms with Gasteiger partial charge in [0.15, 0.2) is 0 Å². The number of piperidine rings is 1. The maximum atomic E-state index is 12.6. The summed E-state index contributed by atoms with van der Waals surface area (Å²) in [6.45, 7) is 11.0. The lowest BCUT2D eigenvalue weighted by molar-refractivity contribution is -0.125. The summed E-state index contributed by atoms with van der Waals surface area (Å²) in [5, 5.41) is 7.14. The molecular weight excluding hydrogens is 348 g/mol. The molecular formula is C19H30N4O4. The maximum absolute atomic E-state index is 12.6. The van der Waals surface area contributed by atoms with Crippen molar-refractivity contribution in [3.63, 3.8) is 0 Å². The number of hydrogen-bond donors (Lipinski definition) is 1.